The number of thiazole rings is 1. The van der Waals surface area contributed by atoms with E-state index in [0.717, 1.165) is 22.3 Å². The molecule has 7 heteroatoms. The number of hydrogen-bond donors (Lipinski definition) is 2. The second-order valence-corrected chi connectivity index (χ2v) is 10.4. The van der Waals surface area contributed by atoms with Crippen LogP contribution in [0, 0.1) is 6.92 Å². The van der Waals surface area contributed by atoms with Crippen LogP contribution >= 0.6 is 11.3 Å². The van der Waals surface area contributed by atoms with E-state index in [-0.39, 0.29) is 0 Å². The molecule has 0 aromatic carbocycles. The smallest absolute Gasteiger partial charge is 0.158 e. The molecule has 164 valence electrons. The van der Waals surface area contributed by atoms with Crippen molar-refractivity contribution in [1.29, 1.82) is 0 Å². The first-order valence-electron chi connectivity index (χ1n) is 11.5. The van der Waals surface area contributed by atoms with E-state index in [0.29, 0.717) is 17.4 Å². The fraction of sp³-hybridized carbons (Fsp3) is 0.542. The summed E-state index contributed by atoms with van der Waals surface area (Å²) in [6.45, 7) is 8.91. The van der Waals surface area contributed by atoms with Gasteiger partial charge in [-0.1, -0.05) is 20.8 Å². The quantitative estimate of drug-likeness (QED) is 0.415. The highest BCUT2D eigenvalue weighted by Gasteiger charge is 2.34. The summed E-state index contributed by atoms with van der Waals surface area (Å²) in [4.78, 5) is 14.5. The van der Waals surface area contributed by atoms with Gasteiger partial charge in [-0.05, 0) is 63.6 Å². The van der Waals surface area contributed by atoms with Crippen molar-refractivity contribution in [2.45, 2.75) is 77.2 Å². The largest absolute Gasteiger partial charge is 0.345 e. The molecule has 0 unspecified atom stereocenters. The number of rotatable bonds is 5. The Morgan fingerprint density at radius 1 is 1.32 bits per heavy atom. The second-order valence-electron chi connectivity index (χ2n) is 9.40. The topological polar surface area (TPSA) is 70.9 Å². The van der Waals surface area contributed by atoms with Gasteiger partial charge in [0.15, 0.2) is 5.65 Å². The Hall–Kier alpha value is -2.25. The van der Waals surface area contributed by atoms with Crippen molar-refractivity contribution in [2.24, 2.45) is 0 Å². The van der Waals surface area contributed by atoms with E-state index in [1.165, 1.54) is 53.2 Å². The van der Waals surface area contributed by atoms with Crippen LogP contribution in [0.2, 0.25) is 0 Å². The van der Waals surface area contributed by atoms with Crippen LogP contribution in [0.4, 0.5) is 0 Å². The molecule has 31 heavy (non-hydrogen) atoms. The van der Waals surface area contributed by atoms with E-state index in [9.17, 15) is 0 Å². The lowest BCUT2D eigenvalue weighted by molar-refractivity contribution is 0.221. The average Bonchev–Trinajstić information content (AvgIpc) is 3.47. The van der Waals surface area contributed by atoms with E-state index < -0.39 is 0 Å². The summed E-state index contributed by atoms with van der Waals surface area (Å²) in [5.74, 6) is 0.963. The van der Waals surface area contributed by atoms with Gasteiger partial charge in [0.2, 0.25) is 0 Å². The fourth-order valence-electron chi connectivity index (χ4n) is 5.30. The van der Waals surface area contributed by atoms with Gasteiger partial charge in [0.25, 0.3) is 0 Å². The summed E-state index contributed by atoms with van der Waals surface area (Å²) >= 11 is 1.85. The van der Waals surface area contributed by atoms with Crippen molar-refractivity contribution in [1.82, 2.24) is 29.9 Å². The summed E-state index contributed by atoms with van der Waals surface area (Å²) in [6, 6.07) is 2.20. The predicted octanol–water partition coefficient (Wildman–Crippen LogP) is 5.79. The number of aryl methyl sites for hydroxylation is 1. The van der Waals surface area contributed by atoms with Gasteiger partial charge in [-0.15, -0.1) is 11.3 Å². The molecule has 1 aliphatic rings. The van der Waals surface area contributed by atoms with Crippen LogP contribution in [-0.4, -0.2) is 37.2 Å². The Kier molecular flexibility index (Phi) is 5.13. The number of hydrogen-bond acceptors (Lipinski definition) is 5. The van der Waals surface area contributed by atoms with Gasteiger partial charge in [0.1, 0.15) is 16.7 Å². The minimum absolute atomic E-state index is 0.322. The first kappa shape index (κ1) is 20.6. The molecule has 0 bridgehead atoms. The van der Waals surface area contributed by atoms with Crippen molar-refractivity contribution in [3.8, 4) is 11.3 Å². The molecular formula is C24H32N6S. The van der Waals surface area contributed by atoms with Crippen LogP contribution in [0.15, 0.2) is 18.6 Å². The second kappa shape index (κ2) is 7.71. The minimum Gasteiger partial charge on any atom is -0.345 e. The monoisotopic (exact) mass is 436 g/mol. The zero-order chi connectivity index (χ0) is 21.8. The molecule has 0 amide bonds. The van der Waals surface area contributed by atoms with Crippen LogP contribution < -0.4 is 5.32 Å². The lowest BCUT2D eigenvalue weighted by Gasteiger charge is -2.39. The first-order valence-corrected chi connectivity index (χ1v) is 12.3. The third-order valence-corrected chi connectivity index (χ3v) is 8.46. The van der Waals surface area contributed by atoms with Crippen LogP contribution in [0.5, 0.6) is 0 Å². The normalized spacial score (nSPS) is 22.2. The fourth-order valence-corrected chi connectivity index (χ4v) is 6.45. The number of nitrogens with zero attached hydrogens (tertiary/aromatic N) is 4. The maximum absolute atomic E-state index is 5.21. The van der Waals surface area contributed by atoms with Crippen LogP contribution in [0.1, 0.15) is 80.8 Å². The van der Waals surface area contributed by atoms with E-state index in [2.05, 4.69) is 67.4 Å². The first-order chi connectivity index (χ1) is 14.9. The summed E-state index contributed by atoms with van der Waals surface area (Å²) in [7, 11) is 2.12. The molecule has 5 rings (SSSR count). The highest BCUT2D eigenvalue weighted by atomic mass is 32.1. The Bertz CT molecular complexity index is 1220. The number of aromatic nitrogens is 5. The molecule has 4 aromatic heterocycles. The van der Waals surface area contributed by atoms with E-state index in [1.54, 1.807) is 6.33 Å². The van der Waals surface area contributed by atoms with E-state index in [4.69, 9.17) is 4.98 Å². The molecule has 0 radical (unpaired) electrons. The van der Waals surface area contributed by atoms with Gasteiger partial charge in [-0.3, -0.25) is 0 Å². The molecule has 1 aliphatic carbocycles. The predicted molar refractivity (Wildman–Crippen MR) is 128 cm³/mol. The lowest BCUT2D eigenvalue weighted by Crippen LogP contribution is -2.45. The van der Waals surface area contributed by atoms with Gasteiger partial charge in [0.05, 0.1) is 10.7 Å². The van der Waals surface area contributed by atoms with Gasteiger partial charge in [-0.25, -0.2) is 14.5 Å². The Balaban J connectivity index is 1.52. The number of pyridine rings is 1. The lowest BCUT2D eigenvalue weighted by atomic mass is 9.75. The summed E-state index contributed by atoms with van der Waals surface area (Å²) in [6.07, 6.45) is 9.79. The molecular weight excluding hydrogens is 404 g/mol. The number of H-pyrrole nitrogens is 1. The average molecular weight is 437 g/mol. The van der Waals surface area contributed by atoms with Crippen LogP contribution in [-0.2, 0) is 0 Å². The highest BCUT2D eigenvalue weighted by molar-refractivity contribution is 7.18. The number of fused-ring (bicyclic) bond motifs is 2. The summed E-state index contributed by atoms with van der Waals surface area (Å²) in [5.41, 5.74) is 7.13. The van der Waals surface area contributed by atoms with Gasteiger partial charge in [-0.2, -0.15) is 5.10 Å². The summed E-state index contributed by atoms with van der Waals surface area (Å²) < 4.78 is 1.87. The zero-order valence-electron chi connectivity index (χ0n) is 19.1. The Morgan fingerprint density at radius 3 is 2.77 bits per heavy atom. The molecule has 1 saturated carbocycles. The maximum Gasteiger partial charge on any atom is 0.158 e. The Morgan fingerprint density at radius 2 is 2.10 bits per heavy atom. The molecule has 0 aliphatic heterocycles. The highest BCUT2D eigenvalue weighted by Crippen LogP contribution is 2.44. The standard InChI is InChI=1S/C24H32N6S/c1-6-24(25-5)9-7-16(8-10-24)22-29-20-18(14(2)3)19(28-23(20)31-22)17-11-15(4)21-26-13-27-30(21)12-17/h11-14,16,25,28H,6-10H2,1-5H3. The molecule has 2 N–H and O–H groups in total. The Labute approximate surface area is 187 Å². The van der Waals surface area contributed by atoms with Crippen molar-refractivity contribution in [3.63, 3.8) is 0 Å². The molecule has 4 heterocycles. The van der Waals surface area contributed by atoms with Gasteiger partial charge < -0.3 is 10.3 Å². The number of aromatic amines is 1. The van der Waals surface area contributed by atoms with Gasteiger partial charge >= 0.3 is 0 Å². The van der Waals surface area contributed by atoms with E-state index in [1.807, 2.05) is 15.9 Å². The van der Waals surface area contributed by atoms with Crippen molar-refractivity contribution in [2.75, 3.05) is 7.05 Å². The van der Waals surface area contributed by atoms with Crippen molar-refractivity contribution >= 4 is 27.3 Å². The maximum atomic E-state index is 5.21. The molecule has 0 spiro atoms. The molecule has 4 aromatic rings. The third-order valence-electron chi connectivity index (χ3n) is 7.33. The summed E-state index contributed by atoms with van der Waals surface area (Å²) in [5, 5.41) is 9.25. The minimum atomic E-state index is 0.322. The van der Waals surface area contributed by atoms with Crippen molar-refractivity contribution < 1.29 is 0 Å². The molecule has 1 fully saturated rings. The van der Waals surface area contributed by atoms with Crippen LogP contribution in [0.3, 0.4) is 0 Å². The molecule has 0 saturated heterocycles. The zero-order valence-corrected chi connectivity index (χ0v) is 19.9. The van der Waals surface area contributed by atoms with Crippen LogP contribution in [0.25, 0.3) is 27.3 Å². The SMILES string of the molecule is CCC1(NC)CCC(c2nc3c(C(C)C)c(-c4cc(C)c5ncnn5c4)[nH]c3s2)CC1. The molecule has 0 atom stereocenters. The third kappa shape index (κ3) is 3.38. The van der Waals surface area contributed by atoms with Crippen molar-refractivity contribution in [3.05, 3.63) is 34.7 Å². The van der Waals surface area contributed by atoms with E-state index >= 15 is 0 Å². The molecule has 6 nitrogen and oxygen atoms in total. The van der Waals surface area contributed by atoms with Gasteiger partial charge in [0, 0.05) is 28.8 Å². The number of nitrogens with one attached hydrogen (secondary N) is 2.